The number of nitrogens with zero attached hydrogens (tertiary/aromatic N) is 1. The van der Waals surface area contributed by atoms with Crippen LogP contribution < -0.4 is 15.4 Å². The third-order valence-corrected chi connectivity index (χ3v) is 10.7. The Morgan fingerprint density at radius 2 is 1.70 bits per heavy atom. The predicted octanol–water partition coefficient (Wildman–Crippen LogP) is 4.30. The Morgan fingerprint density at radius 3 is 2.42 bits per heavy atom. The van der Waals surface area contributed by atoms with Crippen molar-refractivity contribution in [3.63, 3.8) is 0 Å². The number of nitrogens with one attached hydrogen (secondary N) is 2. The van der Waals surface area contributed by atoms with Gasteiger partial charge in [0.15, 0.2) is 0 Å². The minimum Gasteiger partial charge on any atom is -0.497 e. The van der Waals surface area contributed by atoms with Crippen molar-refractivity contribution < 1.29 is 23.9 Å². The number of rotatable bonds is 6. The molecule has 3 heterocycles. The number of methoxy groups -OCH3 is 1. The van der Waals surface area contributed by atoms with E-state index < -0.39 is 29.6 Å². The molecule has 2 saturated heterocycles. The van der Waals surface area contributed by atoms with Gasteiger partial charge in [0.05, 0.1) is 25.0 Å². The number of benzene rings is 1. The van der Waals surface area contributed by atoms with E-state index in [-0.39, 0.29) is 35.7 Å². The average molecular weight is 550 g/mol. The van der Waals surface area contributed by atoms with E-state index in [1.807, 2.05) is 17.1 Å². The molecule has 3 aliphatic heterocycles. The van der Waals surface area contributed by atoms with Gasteiger partial charge in [0, 0.05) is 17.8 Å². The fourth-order valence-electron chi connectivity index (χ4n) is 8.22. The molecule has 0 unspecified atom stereocenters. The molecule has 2 N–H and O–H groups in total. The van der Waals surface area contributed by atoms with Crippen LogP contribution in [0.1, 0.15) is 65.7 Å². The average Bonchev–Trinajstić information content (AvgIpc) is 3.59. The first-order chi connectivity index (χ1) is 19.2. The highest BCUT2D eigenvalue weighted by Crippen LogP contribution is 2.56. The summed E-state index contributed by atoms with van der Waals surface area (Å²) in [5.74, 6) is -0.0649. The van der Waals surface area contributed by atoms with Gasteiger partial charge in [-0.25, -0.2) is 0 Å². The molecular weight excluding hydrogens is 506 g/mol. The number of hydrogen-bond acceptors (Lipinski definition) is 5. The van der Waals surface area contributed by atoms with Crippen LogP contribution in [0.2, 0.25) is 0 Å². The van der Waals surface area contributed by atoms with Gasteiger partial charge in [0.2, 0.25) is 17.7 Å². The van der Waals surface area contributed by atoms with E-state index in [0.717, 1.165) is 38.5 Å². The summed E-state index contributed by atoms with van der Waals surface area (Å²) in [6.07, 6.45) is 10.5. The summed E-state index contributed by atoms with van der Waals surface area (Å²) in [6.45, 7) is 6.65. The Labute approximate surface area is 237 Å². The summed E-state index contributed by atoms with van der Waals surface area (Å²) < 4.78 is 11.8. The molecule has 3 amide bonds. The fraction of sp³-hybridized carbons (Fsp3) is 0.656. The fourth-order valence-corrected chi connectivity index (χ4v) is 8.22. The summed E-state index contributed by atoms with van der Waals surface area (Å²) in [7, 11) is 1.60. The molecule has 1 aromatic rings. The molecule has 216 valence electrons. The molecule has 1 spiro atoms. The third-order valence-electron chi connectivity index (χ3n) is 10.7. The highest BCUT2D eigenvalue weighted by molar-refractivity contribution is 6.03. The standard InChI is InChI=1S/C32H43N3O5/c1-18-9-7-10-23(20(18)3)34-30(37)28-32-17-16-25(40-32)26(29(36)33-21-12-14-22(39-4)15-13-21)27(32)31(38)35(28)24-11-6-5-8-19(24)2/h12-20,23-28H,5-11H2,1-4H3,(H,33,36)(H,34,37)/t18-,19+,20-,23-,24-,25-,26+,27-,28-,32-/m1/s1. The highest BCUT2D eigenvalue weighted by atomic mass is 16.5. The van der Waals surface area contributed by atoms with Gasteiger partial charge in [0.1, 0.15) is 17.4 Å². The zero-order valence-corrected chi connectivity index (χ0v) is 24.1. The largest absolute Gasteiger partial charge is 0.497 e. The second kappa shape index (κ2) is 10.5. The zero-order chi connectivity index (χ0) is 28.2. The Bertz CT molecular complexity index is 1180. The maximum Gasteiger partial charge on any atom is 0.246 e. The van der Waals surface area contributed by atoms with Gasteiger partial charge in [0.25, 0.3) is 0 Å². The second-order valence-electron chi connectivity index (χ2n) is 12.9. The van der Waals surface area contributed by atoms with Crippen LogP contribution in [0.15, 0.2) is 36.4 Å². The molecule has 8 heteroatoms. The summed E-state index contributed by atoms with van der Waals surface area (Å²) in [6, 6.07) is 6.39. The van der Waals surface area contributed by atoms with E-state index in [0.29, 0.717) is 23.3 Å². The quantitative estimate of drug-likeness (QED) is 0.516. The molecule has 5 aliphatic rings. The number of likely N-dealkylation sites (tertiary alicyclic amines) is 1. The van der Waals surface area contributed by atoms with Crippen molar-refractivity contribution in [3.8, 4) is 5.75 Å². The number of carbonyl (C=O) groups excluding carboxylic acids is 3. The monoisotopic (exact) mass is 549 g/mol. The van der Waals surface area contributed by atoms with Crippen LogP contribution in [0.5, 0.6) is 5.75 Å². The van der Waals surface area contributed by atoms with Crippen molar-refractivity contribution in [2.45, 2.75) is 95.5 Å². The summed E-state index contributed by atoms with van der Waals surface area (Å²) in [4.78, 5) is 44.3. The molecule has 4 fully saturated rings. The van der Waals surface area contributed by atoms with Gasteiger partial charge in [-0.05, 0) is 61.3 Å². The maximum absolute atomic E-state index is 14.4. The van der Waals surface area contributed by atoms with Crippen LogP contribution in [0.4, 0.5) is 5.69 Å². The lowest BCUT2D eigenvalue weighted by Crippen LogP contribution is -2.60. The molecule has 2 saturated carbocycles. The van der Waals surface area contributed by atoms with Crippen LogP contribution in [0, 0.1) is 29.6 Å². The van der Waals surface area contributed by atoms with Crippen molar-refractivity contribution in [1.29, 1.82) is 0 Å². The van der Waals surface area contributed by atoms with Gasteiger partial charge < -0.3 is 25.0 Å². The van der Waals surface area contributed by atoms with Crippen LogP contribution in [0.25, 0.3) is 0 Å². The SMILES string of the molecule is COc1ccc(NC(=O)[C@H]2[C@H]3C=C[C@@]4(O3)[C@H]2C(=O)N([C@@H]2CCCC[C@@H]2C)[C@@H]4C(=O)N[C@@H]2CCC[C@@H](C)[C@H]2C)cc1. The van der Waals surface area contributed by atoms with Gasteiger partial charge >= 0.3 is 0 Å². The van der Waals surface area contributed by atoms with Gasteiger partial charge in [-0.1, -0.05) is 58.6 Å². The number of hydrogen-bond donors (Lipinski definition) is 2. The van der Waals surface area contributed by atoms with Crippen molar-refractivity contribution in [2.24, 2.45) is 29.6 Å². The highest BCUT2D eigenvalue weighted by Gasteiger charge is 2.73. The molecule has 2 aliphatic carbocycles. The molecule has 40 heavy (non-hydrogen) atoms. The minimum atomic E-state index is -1.13. The van der Waals surface area contributed by atoms with Crippen LogP contribution in [-0.2, 0) is 19.1 Å². The van der Waals surface area contributed by atoms with Crippen molar-refractivity contribution in [2.75, 3.05) is 12.4 Å². The van der Waals surface area contributed by atoms with E-state index in [2.05, 4.69) is 31.4 Å². The Kier molecular flexibility index (Phi) is 7.18. The second-order valence-corrected chi connectivity index (χ2v) is 12.9. The van der Waals surface area contributed by atoms with Gasteiger partial charge in [-0.3, -0.25) is 14.4 Å². The predicted molar refractivity (Wildman–Crippen MR) is 152 cm³/mol. The first kappa shape index (κ1) is 27.3. The number of anilines is 1. The first-order valence-corrected chi connectivity index (χ1v) is 15.2. The van der Waals surface area contributed by atoms with Gasteiger partial charge in [-0.2, -0.15) is 0 Å². The molecule has 6 rings (SSSR count). The lowest BCUT2D eigenvalue weighted by atomic mass is 9.73. The molecule has 0 radical (unpaired) electrons. The Balaban J connectivity index is 1.32. The molecule has 2 bridgehead atoms. The van der Waals surface area contributed by atoms with E-state index >= 15 is 0 Å². The summed E-state index contributed by atoms with van der Waals surface area (Å²) >= 11 is 0. The maximum atomic E-state index is 14.4. The van der Waals surface area contributed by atoms with Crippen LogP contribution >= 0.6 is 0 Å². The van der Waals surface area contributed by atoms with E-state index in [1.165, 1.54) is 6.42 Å². The lowest BCUT2D eigenvalue weighted by Gasteiger charge is -2.42. The lowest BCUT2D eigenvalue weighted by molar-refractivity contribution is -0.146. The molecule has 0 aromatic heterocycles. The first-order valence-electron chi connectivity index (χ1n) is 15.2. The molecule has 8 nitrogen and oxygen atoms in total. The smallest absolute Gasteiger partial charge is 0.246 e. The molecular formula is C32H43N3O5. The van der Waals surface area contributed by atoms with E-state index in [4.69, 9.17) is 9.47 Å². The Hall–Kier alpha value is -2.87. The minimum absolute atomic E-state index is 0.0407. The van der Waals surface area contributed by atoms with E-state index in [9.17, 15) is 14.4 Å². The third kappa shape index (κ3) is 4.34. The molecule has 1 aromatic carbocycles. The van der Waals surface area contributed by atoms with E-state index in [1.54, 1.807) is 31.4 Å². The number of fused-ring (bicyclic) bond motifs is 1. The topological polar surface area (TPSA) is 97.0 Å². The van der Waals surface area contributed by atoms with Crippen molar-refractivity contribution in [1.82, 2.24) is 10.2 Å². The van der Waals surface area contributed by atoms with Crippen LogP contribution in [-0.4, -0.2) is 59.6 Å². The summed E-state index contributed by atoms with van der Waals surface area (Å²) in [5, 5.41) is 6.37. The van der Waals surface area contributed by atoms with Crippen molar-refractivity contribution >= 4 is 23.4 Å². The number of amides is 3. The Morgan fingerprint density at radius 1 is 0.975 bits per heavy atom. The summed E-state index contributed by atoms with van der Waals surface area (Å²) in [5.41, 5.74) is -0.501. The number of ether oxygens (including phenoxy) is 2. The zero-order valence-electron chi connectivity index (χ0n) is 24.1. The molecule has 10 atom stereocenters. The van der Waals surface area contributed by atoms with Crippen molar-refractivity contribution in [3.05, 3.63) is 36.4 Å². The van der Waals surface area contributed by atoms with Crippen LogP contribution in [0.3, 0.4) is 0 Å². The normalized spacial score (nSPS) is 40.1. The number of carbonyl (C=O) groups is 3. The van der Waals surface area contributed by atoms with Gasteiger partial charge in [-0.15, -0.1) is 0 Å².